The normalized spacial score (nSPS) is 15.6. The molecule has 88 valence electrons. The van der Waals surface area contributed by atoms with Gasteiger partial charge in [-0.25, -0.2) is 0 Å². The molecule has 5 nitrogen and oxygen atoms in total. The molecule has 2 heterocycles. The SMILES string of the molecule is Cn1cnnc1-c1ccccc1NC1COC1. The number of hydrogen-bond donors (Lipinski definition) is 1. The molecule has 0 amide bonds. The third kappa shape index (κ3) is 1.89. The van der Waals surface area contributed by atoms with Crippen LogP contribution in [0.25, 0.3) is 11.4 Å². The highest BCUT2D eigenvalue weighted by molar-refractivity contribution is 5.73. The van der Waals surface area contributed by atoms with Crippen LogP contribution in [0.15, 0.2) is 30.6 Å². The van der Waals surface area contributed by atoms with E-state index in [9.17, 15) is 0 Å². The molecule has 0 spiro atoms. The molecule has 0 atom stereocenters. The second-order valence-corrected chi connectivity index (χ2v) is 4.19. The number of aromatic nitrogens is 3. The van der Waals surface area contributed by atoms with Crippen molar-refractivity contribution in [1.29, 1.82) is 0 Å². The predicted octanol–water partition coefficient (Wildman–Crippen LogP) is 1.29. The van der Waals surface area contributed by atoms with E-state index in [1.54, 1.807) is 6.33 Å². The fourth-order valence-corrected chi connectivity index (χ4v) is 1.87. The number of nitrogens with one attached hydrogen (secondary N) is 1. The smallest absolute Gasteiger partial charge is 0.165 e. The van der Waals surface area contributed by atoms with Gasteiger partial charge in [0.05, 0.1) is 19.3 Å². The monoisotopic (exact) mass is 230 g/mol. The summed E-state index contributed by atoms with van der Waals surface area (Å²) in [5, 5.41) is 11.5. The van der Waals surface area contributed by atoms with Gasteiger partial charge in [0.25, 0.3) is 0 Å². The maximum atomic E-state index is 5.17. The maximum Gasteiger partial charge on any atom is 0.165 e. The van der Waals surface area contributed by atoms with Gasteiger partial charge in [0.1, 0.15) is 6.33 Å². The van der Waals surface area contributed by atoms with Crippen LogP contribution in [0.5, 0.6) is 0 Å². The summed E-state index contributed by atoms with van der Waals surface area (Å²) in [7, 11) is 1.94. The van der Waals surface area contributed by atoms with Crippen LogP contribution in [0.3, 0.4) is 0 Å². The van der Waals surface area contributed by atoms with Crippen molar-refractivity contribution in [1.82, 2.24) is 14.8 Å². The van der Waals surface area contributed by atoms with Crippen molar-refractivity contribution >= 4 is 5.69 Å². The van der Waals surface area contributed by atoms with Crippen LogP contribution < -0.4 is 5.32 Å². The van der Waals surface area contributed by atoms with Gasteiger partial charge in [0.2, 0.25) is 0 Å². The first kappa shape index (κ1) is 10.3. The van der Waals surface area contributed by atoms with Crippen LogP contribution in [0.2, 0.25) is 0 Å². The van der Waals surface area contributed by atoms with Gasteiger partial charge in [-0.15, -0.1) is 10.2 Å². The molecule has 5 heteroatoms. The average Bonchev–Trinajstić information content (AvgIpc) is 2.70. The van der Waals surface area contributed by atoms with Crippen LogP contribution in [0.1, 0.15) is 0 Å². The summed E-state index contributed by atoms with van der Waals surface area (Å²) in [4.78, 5) is 0. The van der Waals surface area contributed by atoms with Crippen LogP contribution >= 0.6 is 0 Å². The Kier molecular flexibility index (Phi) is 2.53. The first-order valence-electron chi connectivity index (χ1n) is 5.62. The zero-order chi connectivity index (χ0) is 11.7. The van der Waals surface area contributed by atoms with Gasteiger partial charge < -0.3 is 14.6 Å². The lowest BCUT2D eigenvalue weighted by molar-refractivity contribution is 0.0211. The van der Waals surface area contributed by atoms with E-state index in [2.05, 4.69) is 21.6 Å². The molecule has 0 aliphatic carbocycles. The van der Waals surface area contributed by atoms with Crippen molar-refractivity contribution in [3.05, 3.63) is 30.6 Å². The molecule has 0 saturated carbocycles. The van der Waals surface area contributed by atoms with Crippen molar-refractivity contribution in [2.75, 3.05) is 18.5 Å². The molecule has 0 bridgehead atoms. The second kappa shape index (κ2) is 4.18. The minimum absolute atomic E-state index is 0.407. The molecule has 3 rings (SSSR count). The average molecular weight is 230 g/mol. The van der Waals surface area contributed by atoms with Gasteiger partial charge in [-0.1, -0.05) is 12.1 Å². The number of nitrogens with zero attached hydrogens (tertiary/aromatic N) is 3. The highest BCUT2D eigenvalue weighted by Crippen LogP contribution is 2.26. The fraction of sp³-hybridized carbons (Fsp3) is 0.333. The molecule has 1 fully saturated rings. The highest BCUT2D eigenvalue weighted by Gasteiger charge is 2.19. The largest absolute Gasteiger partial charge is 0.377 e. The predicted molar refractivity (Wildman–Crippen MR) is 64.7 cm³/mol. The number of hydrogen-bond acceptors (Lipinski definition) is 4. The summed E-state index contributed by atoms with van der Waals surface area (Å²) in [5.74, 6) is 0.869. The van der Waals surface area contributed by atoms with Crippen LogP contribution in [-0.4, -0.2) is 34.0 Å². The van der Waals surface area contributed by atoms with E-state index < -0.39 is 0 Å². The second-order valence-electron chi connectivity index (χ2n) is 4.19. The first-order valence-corrected chi connectivity index (χ1v) is 5.62. The molecule has 1 aromatic heterocycles. The molecule has 2 aromatic rings. The number of ether oxygens (including phenoxy) is 1. The van der Waals surface area contributed by atoms with Crippen LogP contribution in [-0.2, 0) is 11.8 Å². The summed E-state index contributed by atoms with van der Waals surface area (Å²) in [5.41, 5.74) is 2.15. The van der Waals surface area contributed by atoms with Crippen molar-refractivity contribution < 1.29 is 4.74 Å². The Morgan fingerprint density at radius 2 is 2.18 bits per heavy atom. The van der Waals surface area contributed by atoms with Gasteiger partial charge in [-0.2, -0.15) is 0 Å². The van der Waals surface area contributed by atoms with E-state index in [4.69, 9.17) is 4.74 Å². The molecule has 1 N–H and O–H groups in total. The number of anilines is 1. The lowest BCUT2D eigenvalue weighted by Crippen LogP contribution is -2.40. The molecule has 1 aliphatic heterocycles. The minimum atomic E-state index is 0.407. The molecule has 17 heavy (non-hydrogen) atoms. The quantitative estimate of drug-likeness (QED) is 0.863. The van der Waals surface area contributed by atoms with Crippen LogP contribution in [0.4, 0.5) is 5.69 Å². The van der Waals surface area contributed by atoms with E-state index in [0.29, 0.717) is 6.04 Å². The Labute approximate surface area is 99.4 Å². The molecular weight excluding hydrogens is 216 g/mol. The lowest BCUT2D eigenvalue weighted by Gasteiger charge is -2.28. The summed E-state index contributed by atoms with van der Waals surface area (Å²) < 4.78 is 7.08. The number of benzene rings is 1. The third-order valence-corrected chi connectivity index (χ3v) is 2.88. The molecule has 1 aromatic carbocycles. The van der Waals surface area contributed by atoms with E-state index >= 15 is 0 Å². The van der Waals surface area contributed by atoms with Gasteiger partial charge in [0, 0.05) is 18.3 Å². The van der Waals surface area contributed by atoms with E-state index in [-0.39, 0.29) is 0 Å². The standard InChI is InChI=1S/C12H14N4O/c1-16-8-13-15-12(16)10-4-2-3-5-11(10)14-9-6-17-7-9/h2-5,8-9,14H,6-7H2,1H3. The summed E-state index contributed by atoms with van der Waals surface area (Å²) in [6.45, 7) is 1.54. The third-order valence-electron chi connectivity index (χ3n) is 2.88. The van der Waals surface area contributed by atoms with Crippen molar-refractivity contribution in [2.24, 2.45) is 7.05 Å². The van der Waals surface area contributed by atoms with Crippen LogP contribution in [0, 0.1) is 0 Å². The Hall–Kier alpha value is -1.88. The summed E-state index contributed by atoms with van der Waals surface area (Å²) in [6.07, 6.45) is 1.71. The Bertz CT molecular complexity index is 519. The summed E-state index contributed by atoms with van der Waals surface area (Å²) >= 11 is 0. The first-order chi connectivity index (χ1) is 8.34. The Balaban J connectivity index is 1.95. The zero-order valence-electron chi connectivity index (χ0n) is 9.63. The highest BCUT2D eigenvalue weighted by atomic mass is 16.5. The van der Waals surface area contributed by atoms with Crippen molar-refractivity contribution in [2.45, 2.75) is 6.04 Å². The minimum Gasteiger partial charge on any atom is -0.377 e. The zero-order valence-corrected chi connectivity index (χ0v) is 9.63. The maximum absolute atomic E-state index is 5.17. The molecular formula is C12H14N4O. The van der Waals surface area contributed by atoms with Crippen molar-refractivity contribution in [3.63, 3.8) is 0 Å². The topological polar surface area (TPSA) is 52.0 Å². The molecule has 0 radical (unpaired) electrons. The Morgan fingerprint density at radius 1 is 1.35 bits per heavy atom. The number of para-hydroxylation sites is 1. The van der Waals surface area contributed by atoms with E-state index in [1.807, 2.05) is 29.8 Å². The Morgan fingerprint density at radius 3 is 2.82 bits per heavy atom. The van der Waals surface area contributed by atoms with E-state index in [0.717, 1.165) is 30.3 Å². The molecule has 1 saturated heterocycles. The van der Waals surface area contributed by atoms with Gasteiger partial charge in [-0.05, 0) is 12.1 Å². The van der Waals surface area contributed by atoms with Crippen molar-refractivity contribution in [3.8, 4) is 11.4 Å². The van der Waals surface area contributed by atoms with E-state index in [1.165, 1.54) is 0 Å². The molecule has 0 unspecified atom stereocenters. The van der Waals surface area contributed by atoms with Gasteiger partial charge in [0.15, 0.2) is 5.82 Å². The van der Waals surface area contributed by atoms with Gasteiger partial charge in [-0.3, -0.25) is 0 Å². The number of rotatable bonds is 3. The van der Waals surface area contributed by atoms with Gasteiger partial charge >= 0.3 is 0 Å². The molecule has 1 aliphatic rings. The fourth-order valence-electron chi connectivity index (χ4n) is 1.87. The lowest BCUT2D eigenvalue weighted by atomic mass is 10.1. The number of aryl methyl sites for hydroxylation is 1. The summed E-state index contributed by atoms with van der Waals surface area (Å²) in [6, 6.07) is 8.53.